The van der Waals surface area contributed by atoms with Gasteiger partial charge in [0.2, 0.25) is 0 Å². The maximum Gasteiger partial charge on any atom is 0.188 e. The summed E-state index contributed by atoms with van der Waals surface area (Å²) in [6.07, 6.45) is 0.163. The Balaban J connectivity index is 0.768. The molecule has 0 aromatic heterocycles. The van der Waals surface area contributed by atoms with E-state index in [0.717, 1.165) is 12.1 Å². The molecule has 0 saturated heterocycles. The van der Waals surface area contributed by atoms with Gasteiger partial charge in [-0.15, -0.1) is 0 Å². The van der Waals surface area contributed by atoms with Crippen molar-refractivity contribution in [3.05, 3.63) is 66.8 Å². The van der Waals surface area contributed by atoms with Crippen molar-refractivity contribution in [2.45, 2.75) is 99.8 Å². The molecule has 64 rings (SSSR count). The smallest absolute Gasteiger partial charge is 0.188 e. The molecule has 0 aliphatic heterocycles. The zero-order valence-corrected chi connectivity index (χ0v) is 74.4. The molecule has 0 fully saturated rings. The third-order valence-corrected chi connectivity index (χ3v) is 54.8. The molecule has 0 radical (unpaired) electrons. The fourth-order valence-electron chi connectivity index (χ4n) is 51.1. The normalized spacial score (nSPS) is 22.6. The second kappa shape index (κ2) is 11.9. The second-order valence-electron chi connectivity index (χ2n) is 53.0. The Morgan fingerprint density at radius 3 is 0.360 bits per heavy atom. The van der Waals surface area contributed by atoms with E-state index in [-0.39, 0.29) is 12.2 Å². The monoisotopic (exact) mass is 1700 g/mol. The topological polar surface area (TPSA) is 18.5 Å². The Morgan fingerprint density at radius 1 is 0.125 bits per heavy atom. The van der Waals surface area contributed by atoms with Crippen LogP contribution in [-0.4, -0.2) is 28.8 Å². The third-order valence-electron chi connectivity index (χ3n) is 49.9. The summed E-state index contributed by atoms with van der Waals surface area (Å²) in [4.78, 5) is 0. The molecule has 10 aliphatic rings. The van der Waals surface area contributed by atoms with Crippen LogP contribution in [0.1, 0.15) is 94.5 Å². The Kier molecular flexibility index (Phi) is 4.62. The Labute approximate surface area is 746 Å². The van der Waals surface area contributed by atoms with E-state index in [1.54, 1.807) is 571 Å². The van der Waals surface area contributed by atoms with E-state index in [1.165, 1.54) is 0 Å². The maximum absolute atomic E-state index is 8.30. The molecule has 4 unspecified atom stereocenters. The number of benzene rings is 34. The van der Waals surface area contributed by atoms with E-state index in [0.29, 0.717) is 0 Å². The minimum Gasteiger partial charge on any atom is -0.415 e. The predicted octanol–water partition coefficient (Wildman–Crippen LogP) is 36.2. The van der Waals surface area contributed by atoms with E-state index < -0.39 is 38.3 Å². The SMILES string of the molecule is CC(C)O[Si](C)(C)CC12c3c4c5c6c7c8c9c%10c(c1c1c%11c2c2c%12c3c5c3c5c%12c%12c2c2c%11c%11c%13c1c%10c1c%10c9c9c7c7c6c3c3c5c5c%12c6c2c%11c2c(c%131)c1c%10c9c9c7c3c3c9c1c2c6c53)C48C12c3c4c5c6c7c8c9c%10c(c1c1c%11c2c2c%12c3c5c3c5c6c6c7c7c9c9c%13c%10c1c1c%10c%11c%11c2c2c%12c3c3c5c5c6c6c7c9c7c(c%131)c1c%10c%11c9c2c3c2c9c1c7c6c52)C48C[Si](C)(C)OC(C)C. The van der Waals surface area contributed by atoms with Crippen molar-refractivity contribution in [1.82, 2.24) is 0 Å². The minimum atomic E-state index is -2.87. The van der Waals surface area contributed by atoms with E-state index in [2.05, 4.69) is 53.9 Å². The Bertz CT molecular complexity index is 15200. The molecule has 4 heteroatoms. The van der Waals surface area contributed by atoms with Crippen LogP contribution in [0.15, 0.2) is 0 Å². The second-order valence-corrected chi connectivity index (χ2v) is 61.2. The molecular weight excluding hydrogens is 1670 g/mol. The fourth-order valence-corrected chi connectivity index (χ4v) is 57.4. The summed E-state index contributed by atoms with van der Waals surface area (Å²) in [5.74, 6) is 0. The van der Waals surface area contributed by atoms with Crippen molar-refractivity contribution >= 4 is 577 Å². The molecule has 578 valence electrons. The van der Waals surface area contributed by atoms with Crippen molar-refractivity contribution < 1.29 is 8.85 Å². The molecule has 0 saturated carbocycles. The molecule has 4 atom stereocenters. The lowest BCUT2D eigenvalue weighted by Crippen LogP contribution is -2.59. The maximum atomic E-state index is 8.30. The van der Waals surface area contributed by atoms with Crippen LogP contribution in [0.25, 0.3) is 560 Å². The molecular formula is C132H30O2Si2. The van der Waals surface area contributed by atoms with Gasteiger partial charge in [-0.25, -0.2) is 0 Å². The zero-order chi connectivity index (χ0) is 82.0. The van der Waals surface area contributed by atoms with Gasteiger partial charge in [0.15, 0.2) is 16.6 Å². The molecule has 10 aliphatic carbocycles. The number of hydrogen-bond acceptors (Lipinski definition) is 2. The van der Waals surface area contributed by atoms with Crippen LogP contribution in [0.2, 0.25) is 38.3 Å². The lowest BCUT2D eigenvalue weighted by Gasteiger charge is -2.61. The van der Waals surface area contributed by atoms with Gasteiger partial charge in [0, 0.05) is 23.0 Å². The molecule has 2 nitrogen and oxygen atoms in total. The van der Waals surface area contributed by atoms with Crippen molar-refractivity contribution in [2.75, 3.05) is 0 Å². The van der Waals surface area contributed by atoms with Gasteiger partial charge in [0.1, 0.15) is 0 Å². The van der Waals surface area contributed by atoms with Gasteiger partial charge < -0.3 is 8.85 Å². The number of rotatable bonds is 9. The van der Waals surface area contributed by atoms with E-state index >= 15 is 0 Å². The molecule has 54 aromatic rings. The summed E-state index contributed by atoms with van der Waals surface area (Å²) in [7, 11) is -5.75. The summed E-state index contributed by atoms with van der Waals surface area (Å²) in [6, 6.07) is 2.03. The Morgan fingerprint density at radius 2 is 0.213 bits per heavy atom. The van der Waals surface area contributed by atoms with E-state index in [1.807, 2.05) is 55.6 Å². The molecule has 0 heterocycles. The van der Waals surface area contributed by atoms with Gasteiger partial charge in [0.25, 0.3) is 0 Å². The molecule has 0 bridgehead atoms. The largest absolute Gasteiger partial charge is 0.415 e. The van der Waals surface area contributed by atoms with Gasteiger partial charge in [0.05, 0.1) is 10.8 Å². The highest BCUT2D eigenvalue weighted by molar-refractivity contribution is 6.88. The van der Waals surface area contributed by atoms with Gasteiger partial charge in [-0.05, 0) is 693 Å². The summed E-state index contributed by atoms with van der Waals surface area (Å²) in [6.45, 7) is 20.8. The van der Waals surface area contributed by atoms with Gasteiger partial charge in [-0.1, -0.05) is 0 Å². The lowest BCUT2D eigenvalue weighted by atomic mass is 9.39. The quantitative estimate of drug-likeness (QED) is 0.106. The van der Waals surface area contributed by atoms with Crippen LogP contribution in [0, 0.1) is 0 Å². The van der Waals surface area contributed by atoms with Gasteiger partial charge >= 0.3 is 0 Å². The first-order valence-corrected chi connectivity index (χ1v) is 58.1. The molecule has 54 aromatic carbocycles. The highest BCUT2D eigenvalue weighted by Crippen LogP contribution is 2.94. The summed E-state index contributed by atoms with van der Waals surface area (Å²) in [5, 5.41) is 176. The van der Waals surface area contributed by atoms with Gasteiger partial charge in [-0.2, -0.15) is 0 Å². The first-order valence-electron chi connectivity index (χ1n) is 51.9. The van der Waals surface area contributed by atoms with Crippen molar-refractivity contribution in [2.24, 2.45) is 0 Å². The molecule has 0 N–H and O–H groups in total. The average molecular weight is 1700 g/mol. The van der Waals surface area contributed by atoms with Crippen molar-refractivity contribution in [3.63, 3.8) is 0 Å². The van der Waals surface area contributed by atoms with Crippen molar-refractivity contribution in [1.29, 1.82) is 0 Å². The average Bonchev–Trinajstić information content (AvgIpc) is 1.37. The summed E-state index contributed by atoms with van der Waals surface area (Å²) < 4.78 is 16.6. The van der Waals surface area contributed by atoms with E-state index in [4.69, 9.17) is 8.85 Å². The van der Waals surface area contributed by atoms with Crippen LogP contribution in [0.4, 0.5) is 0 Å². The standard InChI is InChI=1S/C132H30O2Si2/c1-11(2)133-135(5,6)9-129-117-101-83-69-43-29-17-19-23-15-13-21(17)39(43)51-47-25(13)33-27(15)49-53-41(23)45-31(19)37-35(29)57-73-59(37)77-71(45)85-81(53)89-63(49)67-55(33)65-61(47)87(79(51)83)109(117)113-91(65)93(67)115-111(89)119-103(85)97(77)107-99(73)105(95(101)75(57)69)121(129)125(107)131(119,127(115)123(113)129)132-120-104-86-72-46-32-20-18-22-14-16-24(20)42(46)54-50-28(16)34-26(14)48-52-40(22)44-30(18)36-38(32)60-74-58(36)76-70(44)84-80(52)88-62(48)66-56(34)68-64(50)90(82(54)86)112(120)116-94(68)92(66)114-110(88)118-102(84)96(76)106-100(74)108(98(104)78(60)72)126(132)122(106)130(118,124(114)128(116)132)10-136(7,8)134-12(3)4/h11-12H,9-10H2,1-8H3. The molecule has 0 spiro atoms. The zero-order valence-electron chi connectivity index (χ0n) is 72.4. The van der Waals surface area contributed by atoms with Crippen LogP contribution < -0.4 is 0 Å². The Hall–Kier alpha value is -14.7. The van der Waals surface area contributed by atoms with Crippen molar-refractivity contribution in [3.8, 4) is 0 Å². The van der Waals surface area contributed by atoms with Crippen LogP contribution in [0.5, 0.6) is 0 Å². The fraction of sp³-hybridized carbons (Fsp3) is 0.121. The minimum absolute atomic E-state index is 0.0815. The number of hydrogen-bond donors (Lipinski definition) is 0. The summed E-state index contributed by atoms with van der Waals surface area (Å²) in [5.41, 5.74) is 18.9. The highest BCUT2D eigenvalue weighted by atomic mass is 28.4. The first kappa shape index (κ1) is 52.8. The van der Waals surface area contributed by atoms with Crippen LogP contribution >= 0.6 is 0 Å². The lowest BCUT2D eigenvalue weighted by molar-refractivity contribution is 0.227. The van der Waals surface area contributed by atoms with Crippen LogP contribution in [-0.2, 0) is 30.5 Å². The van der Waals surface area contributed by atoms with Crippen LogP contribution in [0.3, 0.4) is 0 Å². The third kappa shape index (κ3) is 2.89. The summed E-state index contributed by atoms with van der Waals surface area (Å²) >= 11 is 0. The molecule has 136 heavy (non-hydrogen) atoms. The molecule has 0 amide bonds. The van der Waals surface area contributed by atoms with Gasteiger partial charge in [-0.3, -0.25) is 0 Å². The first-order chi connectivity index (χ1) is 67.0. The predicted molar refractivity (Wildman–Crippen MR) is 581 cm³/mol. The highest BCUT2D eigenvalue weighted by Gasteiger charge is 2.80. The van der Waals surface area contributed by atoms with E-state index in [9.17, 15) is 0 Å².